The largest absolute Gasteiger partial charge is 0.494 e. The molecule has 1 amide bonds. The Bertz CT molecular complexity index is 958. The fourth-order valence-corrected chi connectivity index (χ4v) is 4.44. The molecule has 8 heteroatoms. The van der Waals surface area contributed by atoms with E-state index in [1.54, 1.807) is 31.2 Å². The fourth-order valence-electron chi connectivity index (χ4n) is 3.22. The Morgan fingerprint density at radius 2 is 1.74 bits per heavy atom. The lowest BCUT2D eigenvalue weighted by molar-refractivity contribution is -0.122. The van der Waals surface area contributed by atoms with Gasteiger partial charge in [0.2, 0.25) is 15.9 Å². The van der Waals surface area contributed by atoms with Crippen molar-refractivity contribution in [3.05, 3.63) is 54.1 Å². The van der Waals surface area contributed by atoms with Gasteiger partial charge in [-0.2, -0.15) is 0 Å². The van der Waals surface area contributed by atoms with Crippen LogP contribution in [0.25, 0.3) is 0 Å². The molecule has 1 N–H and O–H groups in total. The van der Waals surface area contributed by atoms with E-state index in [2.05, 4.69) is 5.32 Å². The summed E-state index contributed by atoms with van der Waals surface area (Å²) in [7, 11) is -3.69. The number of hydrogen-bond acceptors (Lipinski definition) is 5. The summed E-state index contributed by atoms with van der Waals surface area (Å²) in [5.74, 6) is 0.999. The minimum Gasteiger partial charge on any atom is -0.494 e. The number of carbonyl (C=O) groups excluding carboxylic acids is 1. The predicted octanol–water partition coefficient (Wildman–Crippen LogP) is 3.73. The van der Waals surface area contributed by atoms with Gasteiger partial charge in [0.15, 0.2) is 0 Å². The summed E-state index contributed by atoms with van der Waals surface area (Å²) in [4.78, 5) is 13.0. The molecule has 0 aliphatic heterocycles. The molecule has 0 aromatic heterocycles. The van der Waals surface area contributed by atoms with Crippen molar-refractivity contribution < 1.29 is 22.7 Å². The number of nitrogens with one attached hydrogen (secondary N) is 1. The van der Waals surface area contributed by atoms with E-state index in [0.29, 0.717) is 24.5 Å². The molecular formula is C23H32N2O5S. The van der Waals surface area contributed by atoms with Gasteiger partial charge in [0.25, 0.3) is 0 Å². The predicted molar refractivity (Wildman–Crippen MR) is 123 cm³/mol. The molecule has 0 aliphatic carbocycles. The fraction of sp³-hybridized carbons (Fsp3) is 0.435. The van der Waals surface area contributed by atoms with Crippen molar-refractivity contribution in [3.63, 3.8) is 0 Å². The number of rotatable bonds is 11. The number of anilines is 1. The highest BCUT2D eigenvalue weighted by Crippen LogP contribution is 2.25. The zero-order valence-electron chi connectivity index (χ0n) is 18.8. The van der Waals surface area contributed by atoms with Crippen LogP contribution in [0.2, 0.25) is 0 Å². The average molecular weight is 449 g/mol. The molecule has 0 heterocycles. The second kappa shape index (κ2) is 11.0. The summed E-state index contributed by atoms with van der Waals surface area (Å²) in [6.07, 6.45) is 1.47. The minimum absolute atomic E-state index is 0.0479. The number of sulfonamides is 1. The van der Waals surface area contributed by atoms with Crippen LogP contribution in [-0.2, 0) is 21.4 Å². The Kier molecular flexibility index (Phi) is 8.74. The maximum atomic E-state index is 13.0. The van der Waals surface area contributed by atoms with Crippen molar-refractivity contribution in [3.8, 4) is 11.5 Å². The van der Waals surface area contributed by atoms with Gasteiger partial charge >= 0.3 is 0 Å². The molecule has 0 aliphatic rings. The van der Waals surface area contributed by atoms with Gasteiger partial charge in [-0.3, -0.25) is 9.10 Å². The smallest absolute Gasteiger partial charge is 0.244 e. The van der Waals surface area contributed by atoms with E-state index in [1.165, 1.54) is 0 Å². The Morgan fingerprint density at radius 3 is 2.29 bits per heavy atom. The summed E-state index contributed by atoms with van der Waals surface area (Å²) in [6, 6.07) is 13.3. The van der Waals surface area contributed by atoms with Gasteiger partial charge in [-0.15, -0.1) is 0 Å². The van der Waals surface area contributed by atoms with Crippen LogP contribution in [0.15, 0.2) is 48.5 Å². The van der Waals surface area contributed by atoms with E-state index in [1.807, 2.05) is 45.0 Å². The third-order valence-electron chi connectivity index (χ3n) is 4.47. The van der Waals surface area contributed by atoms with Crippen LogP contribution in [0.3, 0.4) is 0 Å². The number of carbonyl (C=O) groups is 1. The summed E-state index contributed by atoms with van der Waals surface area (Å²) in [5, 5.41) is 2.86. The van der Waals surface area contributed by atoms with Crippen LogP contribution in [0.1, 0.15) is 39.7 Å². The van der Waals surface area contributed by atoms with Crippen molar-refractivity contribution in [1.29, 1.82) is 0 Å². The molecule has 170 valence electrons. The molecule has 0 unspecified atom stereocenters. The summed E-state index contributed by atoms with van der Waals surface area (Å²) in [6.45, 7) is 8.33. The molecule has 2 rings (SSSR count). The van der Waals surface area contributed by atoms with Crippen LogP contribution in [0.4, 0.5) is 5.69 Å². The molecule has 0 saturated heterocycles. The van der Waals surface area contributed by atoms with Crippen LogP contribution in [-0.4, -0.2) is 39.3 Å². The number of hydrogen-bond donors (Lipinski definition) is 1. The highest BCUT2D eigenvalue weighted by atomic mass is 32.2. The molecular weight excluding hydrogens is 416 g/mol. The lowest BCUT2D eigenvalue weighted by Crippen LogP contribution is -2.49. The van der Waals surface area contributed by atoms with Gasteiger partial charge in [-0.1, -0.05) is 19.1 Å². The summed E-state index contributed by atoms with van der Waals surface area (Å²) < 4.78 is 37.4. The Balaban J connectivity index is 2.19. The van der Waals surface area contributed by atoms with Crippen molar-refractivity contribution in [2.75, 3.05) is 17.2 Å². The van der Waals surface area contributed by atoms with Crippen LogP contribution in [0.5, 0.6) is 11.5 Å². The van der Waals surface area contributed by atoms with E-state index in [0.717, 1.165) is 21.9 Å². The molecule has 0 bridgehead atoms. The van der Waals surface area contributed by atoms with E-state index in [-0.39, 0.29) is 18.6 Å². The van der Waals surface area contributed by atoms with Crippen LogP contribution in [0, 0.1) is 0 Å². The minimum atomic E-state index is -3.69. The number of ether oxygens (including phenoxy) is 2. The SMILES string of the molecule is CCOc1ccc(N([C@H](CC)C(=O)NCc2cccc(OC(C)C)c2)S(C)(=O)=O)cc1. The molecule has 0 spiro atoms. The Morgan fingerprint density at radius 1 is 1.06 bits per heavy atom. The molecule has 7 nitrogen and oxygen atoms in total. The van der Waals surface area contributed by atoms with E-state index in [4.69, 9.17) is 9.47 Å². The number of benzene rings is 2. The molecule has 0 saturated carbocycles. The maximum absolute atomic E-state index is 13.0. The first kappa shape index (κ1) is 24.5. The normalized spacial score (nSPS) is 12.3. The maximum Gasteiger partial charge on any atom is 0.244 e. The highest BCUT2D eigenvalue weighted by Gasteiger charge is 2.31. The Labute approximate surface area is 185 Å². The summed E-state index contributed by atoms with van der Waals surface area (Å²) >= 11 is 0. The first-order chi connectivity index (χ1) is 14.7. The third-order valence-corrected chi connectivity index (χ3v) is 5.65. The van der Waals surface area contributed by atoms with Crippen molar-refractivity contribution in [1.82, 2.24) is 5.32 Å². The van der Waals surface area contributed by atoms with E-state index < -0.39 is 16.1 Å². The zero-order valence-corrected chi connectivity index (χ0v) is 19.6. The second-order valence-electron chi connectivity index (χ2n) is 7.44. The third kappa shape index (κ3) is 7.17. The number of amides is 1. The second-order valence-corrected chi connectivity index (χ2v) is 9.30. The molecule has 31 heavy (non-hydrogen) atoms. The van der Waals surface area contributed by atoms with Gasteiger partial charge in [-0.25, -0.2) is 8.42 Å². The average Bonchev–Trinajstić information content (AvgIpc) is 2.70. The van der Waals surface area contributed by atoms with Crippen molar-refractivity contribution in [2.45, 2.75) is 52.8 Å². The number of nitrogens with zero attached hydrogens (tertiary/aromatic N) is 1. The van der Waals surface area contributed by atoms with Gasteiger partial charge < -0.3 is 14.8 Å². The van der Waals surface area contributed by atoms with E-state index in [9.17, 15) is 13.2 Å². The van der Waals surface area contributed by atoms with Gasteiger partial charge in [0, 0.05) is 6.54 Å². The van der Waals surface area contributed by atoms with Crippen LogP contribution < -0.4 is 19.1 Å². The first-order valence-electron chi connectivity index (χ1n) is 10.4. The standard InChI is InChI=1S/C23H32N2O5S/c1-6-22(23(26)24-16-18-9-8-10-21(15-18)30-17(3)4)25(31(5,27)28)19-11-13-20(14-12-19)29-7-2/h8-15,17,22H,6-7,16H2,1-5H3,(H,24,26)/t22-/m1/s1. The molecule has 2 aromatic carbocycles. The lowest BCUT2D eigenvalue weighted by Gasteiger charge is -2.30. The quantitative estimate of drug-likeness (QED) is 0.566. The van der Waals surface area contributed by atoms with Crippen molar-refractivity contribution >= 4 is 21.6 Å². The Hall–Kier alpha value is -2.74. The topological polar surface area (TPSA) is 84.9 Å². The van der Waals surface area contributed by atoms with Gasteiger partial charge in [0.1, 0.15) is 17.5 Å². The van der Waals surface area contributed by atoms with Gasteiger partial charge in [0.05, 0.1) is 24.7 Å². The van der Waals surface area contributed by atoms with Crippen molar-refractivity contribution in [2.24, 2.45) is 0 Å². The zero-order chi connectivity index (χ0) is 23.0. The molecule has 2 aromatic rings. The first-order valence-corrected chi connectivity index (χ1v) is 12.3. The van der Waals surface area contributed by atoms with Crippen LogP contribution >= 0.6 is 0 Å². The molecule has 0 fully saturated rings. The highest BCUT2D eigenvalue weighted by molar-refractivity contribution is 7.92. The monoisotopic (exact) mass is 448 g/mol. The van der Waals surface area contributed by atoms with Gasteiger partial charge in [-0.05, 0) is 69.2 Å². The molecule has 1 atom stereocenters. The summed E-state index contributed by atoms with van der Waals surface area (Å²) in [5.41, 5.74) is 1.29. The lowest BCUT2D eigenvalue weighted by atomic mass is 10.1. The van der Waals surface area contributed by atoms with E-state index >= 15 is 0 Å². The molecule has 0 radical (unpaired) electrons.